The quantitative estimate of drug-likeness (QED) is 0.591. The number of nitrogens with one attached hydrogen (secondary N) is 1. The Labute approximate surface area is 136 Å². The number of rotatable bonds is 6. The van der Waals surface area contributed by atoms with Gasteiger partial charge in [0.25, 0.3) is 0 Å². The topological polar surface area (TPSA) is 98.3 Å². The molecule has 24 heavy (non-hydrogen) atoms. The van der Waals surface area contributed by atoms with Gasteiger partial charge in [-0.3, -0.25) is 20.2 Å². The monoisotopic (exact) mass is 349 g/mol. The standard InChI is InChI=1S/C14H18F3N3O4/c1-5-9(6-2)18-11-12(19(21)22)8(4)7(3)10(14(15,16)17)13(11)20(23)24/h9,18H,5-6H2,1-4H3. The highest BCUT2D eigenvalue weighted by atomic mass is 19.4. The molecule has 0 spiro atoms. The van der Waals surface area contributed by atoms with Crippen LogP contribution in [0.4, 0.5) is 30.2 Å². The third-order valence-corrected chi connectivity index (χ3v) is 3.99. The highest BCUT2D eigenvalue weighted by molar-refractivity contribution is 5.81. The van der Waals surface area contributed by atoms with Crippen LogP contribution >= 0.6 is 0 Å². The van der Waals surface area contributed by atoms with Gasteiger partial charge >= 0.3 is 17.6 Å². The third kappa shape index (κ3) is 3.57. The highest BCUT2D eigenvalue weighted by Crippen LogP contribution is 2.48. The van der Waals surface area contributed by atoms with E-state index >= 15 is 0 Å². The normalized spacial score (nSPS) is 11.7. The summed E-state index contributed by atoms with van der Waals surface area (Å²) in [6.07, 6.45) is -4.12. The van der Waals surface area contributed by atoms with Crippen LogP contribution in [0.2, 0.25) is 0 Å². The zero-order valence-corrected chi connectivity index (χ0v) is 13.7. The zero-order valence-electron chi connectivity index (χ0n) is 13.7. The van der Waals surface area contributed by atoms with E-state index in [9.17, 15) is 33.4 Å². The maximum absolute atomic E-state index is 13.4. The summed E-state index contributed by atoms with van der Waals surface area (Å²) in [4.78, 5) is 20.6. The van der Waals surface area contributed by atoms with Crippen molar-refractivity contribution in [2.75, 3.05) is 5.32 Å². The minimum Gasteiger partial charge on any atom is -0.371 e. The summed E-state index contributed by atoms with van der Waals surface area (Å²) < 4.78 is 40.1. The number of halogens is 3. The second-order valence-corrected chi connectivity index (χ2v) is 5.37. The summed E-state index contributed by atoms with van der Waals surface area (Å²) in [6.45, 7) is 5.61. The second kappa shape index (κ2) is 7.02. The molecule has 0 radical (unpaired) electrons. The molecule has 10 heteroatoms. The number of hydrogen-bond donors (Lipinski definition) is 1. The van der Waals surface area contributed by atoms with Crippen LogP contribution < -0.4 is 5.32 Å². The molecular formula is C14H18F3N3O4. The molecule has 0 bridgehead atoms. The van der Waals surface area contributed by atoms with Gasteiger partial charge < -0.3 is 5.32 Å². The predicted octanol–water partition coefficient (Wildman–Crippen LogP) is 4.74. The molecular weight excluding hydrogens is 331 g/mol. The number of benzene rings is 1. The van der Waals surface area contributed by atoms with Gasteiger partial charge in [-0.2, -0.15) is 13.2 Å². The Bertz CT molecular complexity index is 670. The lowest BCUT2D eigenvalue weighted by molar-refractivity contribution is -0.394. The summed E-state index contributed by atoms with van der Waals surface area (Å²) >= 11 is 0. The van der Waals surface area contributed by atoms with Gasteiger partial charge in [0, 0.05) is 11.6 Å². The molecule has 1 N–H and O–H groups in total. The summed E-state index contributed by atoms with van der Waals surface area (Å²) in [5, 5.41) is 25.3. The lowest BCUT2D eigenvalue weighted by Crippen LogP contribution is -2.22. The highest BCUT2D eigenvalue weighted by Gasteiger charge is 2.46. The molecule has 0 atom stereocenters. The van der Waals surface area contributed by atoms with E-state index < -0.39 is 50.3 Å². The van der Waals surface area contributed by atoms with E-state index in [1.165, 1.54) is 0 Å². The predicted molar refractivity (Wildman–Crippen MR) is 82.2 cm³/mol. The number of nitro benzene ring substituents is 2. The van der Waals surface area contributed by atoms with Gasteiger partial charge in [0.05, 0.1) is 9.85 Å². The average molecular weight is 349 g/mol. The van der Waals surface area contributed by atoms with Crippen LogP contribution in [-0.2, 0) is 6.18 Å². The van der Waals surface area contributed by atoms with Crippen LogP contribution in [0.25, 0.3) is 0 Å². The van der Waals surface area contributed by atoms with Gasteiger partial charge in [-0.15, -0.1) is 0 Å². The van der Waals surface area contributed by atoms with E-state index in [4.69, 9.17) is 0 Å². The molecule has 1 aromatic rings. The molecule has 0 aromatic heterocycles. The van der Waals surface area contributed by atoms with Gasteiger partial charge in [0.1, 0.15) is 5.56 Å². The number of alkyl halides is 3. The molecule has 0 unspecified atom stereocenters. The van der Waals surface area contributed by atoms with E-state index in [1.54, 1.807) is 13.8 Å². The van der Waals surface area contributed by atoms with Crippen molar-refractivity contribution in [3.05, 3.63) is 36.9 Å². The smallest absolute Gasteiger partial charge is 0.371 e. The average Bonchev–Trinajstić information content (AvgIpc) is 2.45. The van der Waals surface area contributed by atoms with Crippen molar-refractivity contribution >= 4 is 17.1 Å². The number of nitrogens with zero attached hydrogens (tertiary/aromatic N) is 2. The van der Waals surface area contributed by atoms with Gasteiger partial charge in [-0.05, 0) is 32.3 Å². The maximum atomic E-state index is 13.4. The van der Waals surface area contributed by atoms with Crippen molar-refractivity contribution < 1.29 is 23.0 Å². The molecule has 0 fully saturated rings. The Balaban J connectivity index is 3.96. The molecule has 1 rings (SSSR count). The second-order valence-electron chi connectivity index (χ2n) is 5.37. The molecule has 0 amide bonds. The molecule has 7 nitrogen and oxygen atoms in total. The third-order valence-electron chi connectivity index (χ3n) is 3.99. The Morgan fingerprint density at radius 1 is 1.00 bits per heavy atom. The van der Waals surface area contributed by atoms with E-state index in [-0.39, 0.29) is 5.56 Å². The molecule has 0 aliphatic rings. The first kappa shape index (κ1) is 19.7. The van der Waals surface area contributed by atoms with Crippen LogP contribution in [0.1, 0.15) is 43.4 Å². The van der Waals surface area contributed by atoms with Crippen molar-refractivity contribution in [1.82, 2.24) is 0 Å². The van der Waals surface area contributed by atoms with Crippen molar-refractivity contribution in [2.24, 2.45) is 0 Å². The van der Waals surface area contributed by atoms with Crippen LogP contribution in [0.3, 0.4) is 0 Å². The summed E-state index contributed by atoms with van der Waals surface area (Å²) in [7, 11) is 0. The molecule has 0 saturated carbocycles. The van der Waals surface area contributed by atoms with Crippen molar-refractivity contribution in [3.63, 3.8) is 0 Å². The van der Waals surface area contributed by atoms with E-state index in [2.05, 4.69) is 5.32 Å². The number of anilines is 1. The number of hydrogen-bond acceptors (Lipinski definition) is 5. The minimum absolute atomic E-state index is 0.244. The fourth-order valence-electron chi connectivity index (χ4n) is 2.56. The Kier molecular flexibility index (Phi) is 5.75. The van der Waals surface area contributed by atoms with E-state index in [0.29, 0.717) is 12.8 Å². The first-order valence-electron chi connectivity index (χ1n) is 7.26. The minimum atomic E-state index is -5.00. The van der Waals surface area contributed by atoms with Crippen LogP contribution in [0.5, 0.6) is 0 Å². The van der Waals surface area contributed by atoms with Crippen molar-refractivity contribution in [2.45, 2.75) is 52.8 Å². The largest absolute Gasteiger partial charge is 0.423 e. The van der Waals surface area contributed by atoms with Gasteiger partial charge in [-0.25, -0.2) is 0 Å². The van der Waals surface area contributed by atoms with Crippen LogP contribution in [0.15, 0.2) is 0 Å². The summed E-state index contributed by atoms with van der Waals surface area (Å²) in [5.41, 5.74) is -4.90. The van der Waals surface area contributed by atoms with Gasteiger partial charge in [0.15, 0.2) is 5.69 Å². The molecule has 0 saturated heterocycles. The van der Waals surface area contributed by atoms with Gasteiger partial charge in [0.2, 0.25) is 0 Å². The summed E-state index contributed by atoms with van der Waals surface area (Å²) in [5.74, 6) is 0. The molecule has 0 aliphatic carbocycles. The first-order valence-corrected chi connectivity index (χ1v) is 7.26. The Morgan fingerprint density at radius 3 is 1.79 bits per heavy atom. The van der Waals surface area contributed by atoms with Crippen LogP contribution in [-0.4, -0.2) is 15.9 Å². The molecule has 0 heterocycles. The SMILES string of the molecule is CCC(CC)Nc1c([N+](=O)[O-])c(C)c(C)c(C(F)(F)F)c1[N+](=O)[O-]. The Hall–Kier alpha value is -2.39. The molecule has 0 aliphatic heterocycles. The lowest BCUT2D eigenvalue weighted by Gasteiger charge is -2.20. The van der Waals surface area contributed by atoms with Crippen molar-refractivity contribution in [3.8, 4) is 0 Å². The lowest BCUT2D eigenvalue weighted by atomic mass is 9.96. The van der Waals surface area contributed by atoms with E-state index in [0.717, 1.165) is 13.8 Å². The number of nitro groups is 2. The fraction of sp³-hybridized carbons (Fsp3) is 0.571. The molecule has 134 valence electrons. The van der Waals surface area contributed by atoms with Gasteiger partial charge in [-0.1, -0.05) is 13.8 Å². The fourth-order valence-corrected chi connectivity index (χ4v) is 2.56. The molecule has 1 aromatic carbocycles. The van der Waals surface area contributed by atoms with Crippen molar-refractivity contribution in [1.29, 1.82) is 0 Å². The Morgan fingerprint density at radius 2 is 1.46 bits per heavy atom. The summed E-state index contributed by atoms with van der Waals surface area (Å²) in [6, 6.07) is -0.425. The van der Waals surface area contributed by atoms with E-state index in [1.807, 2.05) is 0 Å². The van der Waals surface area contributed by atoms with Crippen LogP contribution in [0, 0.1) is 34.1 Å². The maximum Gasteiger partial charge on any atom is 0.423 e. The zero-order chi connectivity index (χ0) is 18.8. The first-order chi connectivity index (χ1) is 11.0.